The molecule has 2 atom stereocenters. The van der Waals surface area contributed by atoms with Gasteiger partial charge in [0, 0.05) is 11.3 Å². The normalized spacial score (nSPS) is 13.0. The highest BCUT2D eigenvalue weighted by molar-refractivity contribution is 6.42. The highest BCUT2D eigenvalue weighted by Gasteiger charge is 2.35. The van der Waals surface area contributed by atoms with Gasteiger partial charge < -0.3 is 9.47 Å². The van der Waals surface area contributed by atoms with Crippen LogP contribution < -0.4 is 0 Å². The van der Waals surface area contributed by atoms with E-state index in [1.54, 1.807) is 6.07 Å². The first-order valence-corrected chi connectivity index (χ1v) is 7.77. The van der Waals surface area contributed by atoms with Crippen molar-refractivity contribution >= 4 is 35.1 Å². The number of hydrogen-bond acceptors (Lipinski definition) is 6. The third-order valence-electron chi connectivity index (χ3n) is 3.59. The van der Waals surface area contributed by atoms with Gasteiger partial charge in [-0.2, -0.15) is 0 Å². The van der Waals surface area contributed by atoms with Gasteiger partial charge in [-0.1, -0.05) is 29.3 Å². The van der Waals surface area contributed by atoms with Crippen LogP contribution in [0.25, 0.3) is 0 Å². The summed E-state index contributed by atoms with van der Waals surface area (Å²) >= 11 is 11.8. The summed E-state index contributed by atoms with van der Waals surface area (Å²) in [5.41, 5.74) is 0.473. The summed E-state index contributed by atoms with van der Waals surface area (Å²) in [6.45, 7) is 0. The Kier molecular flexibility index (Phi) is 7.94. The second-order valence-electron chi connectivity index (χ2n) is 5.03. The maximum atomic E-state index is 11.7. The predicted octanol–water partition coefficient (Wildman–Crippen LogP) is 3.24. The van der Waals surface area contributed by atoms with Gasteiger partial charge in [0.15, 0.2) is 0 Å². The van der Waals surface area contributed by atoms with E-state index in [1.807, 2.05) is 0 Å². The molecule has 0 N–H and O–H groups in total. The van der Waals surface area contributed by atoms with E-state index >= 15 is 0 Å². The minimum Gasteiger partial charge on any atom is -0.469 e. The van der Waals surface area contributed by atoms with E-state index in [9.17, 15) is 19.7 Å². The first-order chi connectivity index (χ1) is 11.3. The van der Waals surface area contributed by atoms with E-state index in [0.29, 0.717) is 10.6 Å². The van der Waals surface area contributed by atoms with Gasteiger partial charge >= 0.3 is 11.9 Å². The quantitative estimate of drug-likeness (QED) is 0.392. The lowest BCUT2D eigenvalue weighted by Gasteiger charge is -2.20. The van der Waals surface area contributed by atoms with Crippen molar-refractivity contribution in [3.05, 3.63) is 43.9 Å². The highest BCUT2D eigenvalue weighted by Crippen LogP contribution is 2.33. The molecule has 0 heterocycles. The zero-order valence-corrected chi connectivity index (χ0v) is 14.7. The Balaban J connectivity index is 3.16. The molecule has 0 amide bonds. The fraction of sp³-hybridized carbons (Fsp3) is 0.467. The van der Waals surface area contributed by atoms with Crippen LogP contribution in [0, 0.1) is 10.1 Å². The molecule has 0 aliphatic rings. The number of nitrogens with zero attached hydrogens (tertiary/aromatic N) is 1. The van der Waals surface area contributed by atoms with Crippen molar-refractivity contribution in [2.75, 3.05) is 14.2 Å². The van der Waals surface area contributed by atoms with E-state index in [0.717, 1.165) is 0 Å². The number of methoxy groups -OCH3 is 2. The van der Waals surface area contributed by atoms with Crippen LogP contribution in [0.4, 0.5) is 0 Å². The van der Waals surface area contributed by atoms with E-state index in [-0.39, 0.29) is 24.3 Å². The van der Waals surface area contributed by atoms with Gasteiger partial charge in [0.2, 0.25) is 6.04 Å². The van der Waals surface area contributed by atoms with Crippen LogP contribution in [0.15, 0.2) is 18.2 Å². The number of rotatable bonds is 8. The number of hydrogen-bond donors (Lipinski definition) is 0. The topological polar surface area (TPSA) is 95.7 Å². The Bertz CT molecular complexity index is 622. The fourth-order valence-corrected chi connectivity index (χ4v) is 2.61. The van der Waals surface area contributed by atoms with Crippen molar-refractivity contribution in [3.8, 4) is 0 Å². The Labute approximate surface area is 149 Å². The number of nitro groups is 1. The summed E-state index contributed by atoms with van der Waals surface area (Å²) < 4.78 is 9.13. The maximum absolute atomic E-state index is 11.7. The molecule has 0 aliphatic heterocycles. The molecule has 0 bridgehead atoms. The molecule has 0 spiro atoms. The van der Waals surface area contributed by atoms with Crippen molar-refractivity contribution in [2.45, 2.75) is 31.2 Å². The molecule has 2 unspecified atom stereocenters. The summed E-state index contributed by atoms with van der Waals surface area (Å²) in [6, 6.07) is 3.36. The molecule has 24 heavy (non-hydrogen) atoms. The molecule has 0 aliphatic carbocycles. The van der Waals surface area contributed by atoms with Crippen LogP contribution in [0.5, 0.6) is 0 Å². The van der Waals surface area contributed by atoms with Crippen molar-refractivity contribution in [1.82, 2.24) is 0 Å². The third kappa shape index (κ3) is 5.65. The van der Waals surface area contributed by atoms with Crippen LogP contribution in [0.2, 0.25) is 10.0 Å². The average molecular weight is 378 g/mol. The summed E-state index contributed by atoms with van der Waals surface area (Å²) in [6.07, 6.45) is -0.440. The lowest BCUT2D eigenvalue weighted by atomic mass is 9.86. The number of esters is 2. The number of benzene rings is 1. The monoisotopic (exact) mass is 377 g/mol. The first-order valence-electron chi connectivity index (χ1n) is 7.02. The molecule has 1 rings (SSSR count). The third-order valence-corrected chi connectivity index (χ3v) is 4.33. The lowest BCUT2D eigenvalue weighted by molar-refractivity contribution is -0.527. The van der Waals surface area contributed by atoms with Crippen LogP contribution in [-0.4, -0.2) is 37.1 Å². The van der Waals surface area contributed by atoms with Crippen LogP contribution in [-0.2, 0) is 19.1 Å². The SMILES string of the molecule is COC(=O)CCC(C(CC(=O)OC)c1ccc(Cl)c(Cl)c1)[N+](=O)[O-]. The first kappa shape index (κ1) is 20.2. The average Bonchev–Trinajstić information content (AvgIpc) is 2.55. The Hall–Kier alpha value is -1.86. The summed E-state index contributed by atoms with van der Waals surface area (Å²) in [5.74, 6) is -1.98. The molecule has 0 fully saturated rings. The van der Waals surface area contributed by atoms with Gasteiger partial charge in [-0.05, 0) is 17.7 Å². The standard InChI is InChI=1S/C15H17Cl2NO6/c1-23-14(19)6-5-13(18(21)22)10(8-15(20)24-2)9-3-4-11(16)12(17)7-9/h3-4,7,10,13H,5-6,8H2,1-2H3. The van der Waals surface area contributed by atoms with E-state index in [1.165, 1.54) is 26.4 Å². The van der Waals surface area contributed by atoms with Gasteiger partial charge in [-0.15, -0.1) is 0 Å². The van der Waals surface area contributed by atoms with Gasteiger partial charge in [-0.3, -0.25) is 19.7 Å². The minimum atomic E-state index is -1.18. The maximum Gasteiger partial charge on any atom is 0.306 e. The van der Waals surface area contributed by atoms with Crippen molar-refractivity contribution < 1.29 is 24.0 Å². The van der Waals surface area contributed by atoms with Crippen molar-refractivity contribution in [3.63, 3.8) is 0 Å². The minimum absolute atomic E-state index is 0.0818. The summed E-state index contributed by atoms with van der Waals surface area (Å²) in [7, 11) is 2.40. The number of halogens is 2. The highest BCUT2D eigenvalue weighted by atomic mass is 35.5. The Morgan fingerprint density at radius 1 is 1.17 bits per heavy atom. The van der Waals surface area contributed by atoms with Crippen molar-refractivity contribution in [2.24, 2.45) is 0 Å². The fourth-order valence-electron chi connectivity index (χ4n) is 2.30. The number of carbonyl (C=O) groups is 2. The summed E-state index contributed by atoms with van der Waals surface area (Å²) in [4.78, 5) is 33.9. The zero-order valence-electron chi connectivity index (χ0n) is 13.2. The Morgan fingerprint density at radius 3 is 2.29 bits per heavy atom. The van der Waals surface area contributed by atoms with E-state index < -0.39 is 28.8 Å². The predicted molar refractivity (Wildman–Crippen MR) is 87.9 cm³/mol. The smallest absolute Gasteiger partial charge is 0.306 e. The molecule has 1 aromatic carbocycles. The van der Waals surface area contributed by atoms with Crippen molar-refractivity contribution in [1.29, 1.82) is 0 Å². The molecular weight excluding hydrogens is 361 g/mol. The van der Waals surface area contributed by atoms with Crippen LogP contribution in [0.3, 0.4) is 0 Å². The van der Waals surface area contributed by atoms with Gasteiger partial charge in [-0.25, -0.2) is 0 Å². The molecule has 9 heteroatoms. The molecular formula is C15H17Cl2NO6. The molecule has 0 radical (unpaired) electrons. The molecule has 0 saturated heterocycles. The van der Waals surface area contributed by atoms with E-state index in [2.05, 4.69) is 9.47 Å². The molecule has 7 nitrogen and oxygen atoms in total. The molecule has 1 aromatic rings. The lowest BCUT2D eigenvalue weighted by Crippen LogP contribution is -2.30. The van der Waals surface area contributed by atoms with Gasteiger partial charge in [0.05, 0.1) is 43.0 Å². The molecule has 132 valence electrons. The second kappa shape index (κ2) is 9.44. The second-order valence-corrected chi connectivity index (χ2v) is 5.84. The van der Waals surface area contributed by atoms with E-state index in [4.69, 9.17) is 23.2 Å². The molecule has 0 aromatic heterocycles. The van der Waals surface area contributed by atoms with Crippen LogP contribution >= 0.6 is 23.2 Å². The molecule has 0 saturated carbocycles. The largest absolute Gasteiger partial charge is 0.469 e. The zero-order chi connectivity index (χ0) is 18.3. The Morgan fingerprint density at radius 2 is 1.79 bits per heavy atom. The van der Waals surface area contributed by atoms with Gasteiger partial charge in [0.25, 0.3) is 0 Å². The number of carbonyl (C=O) groups excluding carboxylic acids is 2. The van der Waals surface area contributed by atoms with Gasteiger partial charge in [0.1, 0.15) is 0 Å². The van der Waals surface area contributed by atoms with Crippen LogP contribution in [0.1, 0.15) is 30.7 Å². The summed E-state index contributed by atoms with van der Waals surface area (Å²) in [5, 5.41) is 12.0. The number of ether oxygens (including phenoxy) is 2.